The fraction of sp³-hybridized carbons (Fsp3) is 0.222. The molecule has 0 aliphatic heterocycles. The van der Waals surface area contributed by atoms with Crippen LogP contribution in [0.15, 0.2) is 18.2 Å². The molecule has 1 aromatic heterocycles. The summed E-state index contributed by atoms with van der Waals surface area (Å²) in [6.07, 6.45) is 0. The van der Waals surface area contributed by atoms with Gasteiger partial charge >= 0.3 is 0 Å². The van der Waals surface area contributed by atoms with Crippen LogP contribution in [0, 0.1) is 6.92 Å². The van der Waals surface area contributed by atoms with Gasteiger partial charge in [0.2, 0.25) is 0 Å². The standard InChI is InChI=1S/C9H9BN2/c1-6-7-4-3-5-8(10)9(7)12(2)11-6/h3-5H,1-2H3. The summed E-state index contributed by atoms with van der Waals surface area (Å²) >= 11 is 0. The van der Waals surface area contributed by atoms with Gasteiger partial charge in [-0.05, 0) is 6.92 Å². The quantitative estimate of drug-likeness (QED) is 0.512. The van der Waals surface area contributed by atoms with E-state index in [9.17, 15) is 0 Å². The first kappa shape index (κ1) is 7.41. The van der Waals surface area contributed by atoms with E-state index in [0.29, 0.717) is 0 Å². The lowest BCUT2D eigenvalue weighted by Gasteiger charge is -1.97. The lowest BCUT2D eigenvalue weighted by atomic mass is 9.93. The van der Waals surface area contributed by atoms with Gasteiger partial charge in [-0.2, -0.15) is 5.10 Å². The molecule has 58 valence electrons. The molecule has 1 aromatic carbocycles. The summed E-state index contributed by atoms with van der Waals surface area (Å²) in [5, 5.41) is 5.42. The van der Waals surface area contributed by atoms with Gasteiger partial charge in [-0.1, -0.05) is 23.7 Å². The van der Waals surface area contributed by atoms with E-state index < -0.39 is 0 Å². The minimum absolute atomic E-state index is 0.788. The minimum atomic E-state index is 0.788. The van der Waals surface area contributed by atoms with Crippen LogP contribution in [0.1, 0.15) is 5.69 Å². The molecule has 0 saturated carbocycles. The molecule has 0 atom stereocenters. The van der Waals surface area contributed by atoms with Crippen molar-refractivity contribution in [3.63, 3.8) is 0 Å². The van der Waals surface area contributed by atoms with E-state index in [1.165, 1.54) is 0 Å². The zero-order chi connectivity index (χ0) is 8.72. The number of hydrogen-bond acceptors (Lipinski definition) is 1. The Bertz CT molecular complexity index is 431. The van der Waals surface area contributed by atoms with E-state index in [2.05, 4.69) is 5.10 Å². The molecule has 0 aliphatic carbocycles. The molecule has 2 rings (SSSR count). The third kappa shape index (κ3) is 0.859. The van der Waals surface area contributed by atoms with Gasteiger partial charge in [0, 0.05) is 12.4 Å². The topological polar surface area (TPSA) is 17.8 Å². The van der Waals surface area contributed by atoms with E-state index in [0.717, 1.165) is 22.1 Å². The van der Waals surface area contributed by atoms with Gasteiger partial charge in [-0.15, -0.1) is 0 Å². The van der Waals surface area contributed by atoms with Crippen molar-refractivity contribution >= 4 is 24.2 Å². The van der Waals surface area contributed by atoms with Crippen molar-refractivity contribution in [2.75, 3.05) is 0 Å². The van der Waals surface area contributed by atoms with Crippen molar-refractivity contribution in [3.05, 3.63) is 23.9 Å². The minimum Gasteiger partial charge on any atom is -0.268 e. The van der Waals surface area contributed by atoms with Gasteiger partial charge in [0.15, 0.2) is 0 Å². The van der Waals surface area contributed by atoms with E-state index in [1.54, 1.807) is 0 Å². The van der Waals surface area contributed by atoms with Crippen molar-refractivity contribution in [1.29, 1.82) is 0 Å². The second-order valence-electron chi connectivity index (χ2n) is 2.95. The zero-order valence-electron chi connectivity index (χ0n) is 7.20. The zero-order valence-corrected chi connectivity index (χ0v) is 7.20. The Morgan fingerprint density at radius 2 is 2.17 bits per heavy atom. The lowest BCUT2D eigenvalue weighted by Crippen LogP contribution is -2.06. The number of rotatable bonds is 0. The van der Waals surface area contributed by atoms with E-state index >= 15 is 0 Å². The van der Waals surface area contributed by atoms with Crippen molar-refractivity contribution in [1.82, 2.24) is 9.78 Å². The summed E-state index contributed by atoms with van der Waals surface area (Å²) in [6, 6.07) is 5.88. The number of fused-ring (bicyclic) bond motifs is 1. The number of nitrogens with zero attached hydrogens (tertiary/aromatic N) is 2. The van der Waals surface area contributed by atoms with Crippen LogP contribution >= 0.6 is 0 Å². The van der Waals surface area contributed by atoms with E-state index in [4.69, 9.17) is 7.85 Å². The fourth-order valence-electron chi connectivity index (χ4n) is 1.54. The largest absolute Gasteiger partial charge is 0.268 e. The monoisotopic (exact) mass is 156 g/mol. The molecule has 12 heavy (non-hydrogen) atoms. The maximum atomic E-state index is 5.81. The van der Waals surface area contributed by atoms with Gasteiger partial charge in [-0.3, -0.25) is 4.68 Å². The molecule has 0 saturated heterocycles. The second kappa shape index (κ2) is 2.37. The Morgan fingerprint density at radius 3 is 2.83 bits per heavy atom. The van der Waals surface area contributed by atoms with Gasteiger partial charge in [-0.25, -0.2) is 0 Å². The Labute approximate surface area is 72.6 Å². The molecular weight excluding hydrogens is 147 g/mol. The number of hydrogen-bond donors (Lipinski definition) is 0. The summed E-state index contributed by atoms with van der Waals surface area (Å²) in [5.74, 6) is 0. The van der Waals surface area contributed by atoms with Gasteiger partial charge in [0.05, 0.1) is 11.2 Å². The van der Waals surface area contributed by atoms with Gasteiger partial charge in [0.1, 0.15) is 7.85 Å². The Hall–Kier alpha value is -1.25. The molecule has 0 spiro atoms. The van der Waals surface area contributed by atoms with Crippen molar-refractivity contribution in [2.45, 2.75) is 6.92 Å². The van der Waals surface area contributed by atoms with Crippen LogP contribution in [-0.4, -0.2) is 17.6 Å². The molecule has 0 amide bonds. The average Bonchev–Trinajstić information content (AvgIpc) is 2.29. The Morgan fingerprint density at radius 1 is 1.42 bits per heavy atom. The normalized spacial score (nSPS) is 10.8. The van der Waals surface area contributed by atoms with Gasteiger partial charge < -0.3 is 0 Å². The molecule has 3 heteroatoms. The van der Waals surface area contributed by atoms with Crippen molar-refractivity contribution < 1.29 is 0 Å². The number of para-hydroxylation sites is 1. The summed E-state index contributed by atoms with van der Waals surface area (Å²) in [7, 11) is 7.72. The molecular formula is C9H9BN2. The van der Waals surface area contributed by atoms with E-state index in [-0.39, 0.29) is 0 Å². The van der Waals surface area contributed by atoms with Crippen LogP contribution in [0.4, 0.5) is 0 Å². The first-order chi connectivity index (χ1) is 5.70. The predicted octanol–water partition coefficient (Wildman–Crippen LogP) is 0.676. The second-order valence-corrected chi connectivity index (χ2v) is 2.95. The molecule has 1 heterocycles. The summed E-state index contributed by atoms with van der Waals surface area (Å²) in [6.45, 7) is 1.99. The maximum absolute atomic E-state index is 5.81. The Balaban J connectivity index is 2.99. The van der Waals surface area contributed by atoms with Crippen LogP contribution in [-0.2, 0) is 7.05 Å². The highest BCUT2D eigenvalue weighted by Gasteiger charge is 2.04. The highest BCUT2D eigenvalue weighted by atomic mass is 15.3. The predicted molar refractivity (Wildman–Crippen MR) is 50.8 cm³/mol. The highest BCUT2D eigenvalue weighted by Crippen LogP contribution is 2.13. The highest BCUT2D eigenvalue weighted by molar-refractivity contribution is 6.38. The molecule has 2 nitrogen and oxygen atoms in total. The molecule has 2 radical (unpaired) electrons. The van der Waals surface area contributed by atoms with E-state index in [1.807, 2.05) is 36.9 Å². The first-order valence-electron chi connectivity index (χ1n) is 3.88. The van der Waals surface area contributed by atoms with Crippen molar-refractivity contribution in [3.8, 4) is 0 Å². The first-order valence-corrected chi connectivity index (χ1v) is 3.88. The summed E-state index contributed by atoms with van der Waals surface area (Å²) < 4.78 is 1.82. The Kier molecular flexibility index (Phi) is 1.46. The molecule has 0 fully saturated rings. The van der Waals surface area contributed by atoms with Crippen LogP contribution in [0.25, 0.3) is 10.9 Å². The molecule has 0 N–H and O–H groups in total. The lowest BCUT2D eigenvalue weighted by molar-refractivity contribution is 0.785. The van der Waals surface area contributed by atoms with Crippen molar-refractivity contribution in [2.24, 2.45) is 7.05 Å². The van der Waals surface area contributed by atoms with Crippen LogP contribution in [0.3, 0.4) is 0 Å². The number of aryl methyl sites for hydroxylation is 2. The van der Waals surface area contributed by atoms with Crippen LogP contribution < -0.4 is 5.46 Å². The van der Waals surface area contributed by atoms with Crippen LogP contribution in [0.5, 0.6) is 0 Å². The third-order valence-corrected chi connectivity index (χ3v) is 2.08. The smallest absolute Gasteiger partial charge is 0.116 e. The van der Waals surface area contributed by atoms with Crippen LogP contribution in [0.2, 0.25) is 0 Å². The molecule has 0 bridgehead atoms. The maximum Gasteiger partial charge on any atom is 0.116 e. The SMILES string of the molecule is [B]c1cccc2c(C)nn(C)c12. The average molecular weight is 156 g/mol. The fourth-order valence-corrected chi connectivity index (χ4v) is 1.54. The molecule has 2 aromatic rings. The molecule has 0 aliphatic rings. The van der Waals surface area contributed by atoms with Gasteiger partial charge in [0.25, 0.3) is 0 Å². The number of aromatic nitrogens is 2. The third-order valence-electron chi connectivity index (χ3n) is 2.08. The number of benzene rings is 1. The molecule has 0 unspecified atom stereocenters. The summed E-state index contributed by atoms with van der Waals surface area (Å²) in [4.78, 5) is 0. The summed E-state index contributed by atoms with van der Waals surface area (Å²) in [5.41, 5.74) is 2.84.